The van der Waals surface area contributed by atoms with Crippen LogP contribution in [-0.2, 0) is 14.8 Å². The zero-order chi connectivity index (χ0) is 20.9. The van der Waals surface area contributed by atoms with E-state index >= 15 is 0 Å². The maximum atomic E-state index is 12.9. The minimum Gasteiger partial charge on any atom is -0.497 e. The van der Waals surface area contributed by atoms with Crippen molar-refractivity contribution in [3.63, 3.8) is 0 Å². The molecule has 2 aromatic carbocycles. The smallest absolute Gasteiger partial charge is 0.244 e. The van der Waals surface area contributed by atoms with Gasteiger partial charge in [0.2, 0.25) is 15.9 Å². The molecule has 0 saturated heterocycles. The van der Waals surface area contributed by atoms with Gasteiger partial charge in [-0.05, 0) is 50.1 Å². The van der Waals surface area contributed by atoms with E-state index in [9.17, 15) is 13.2 Å². The highest BCUT2D eigenvalue weighted by atomic mass is 32.2. The van der Waals surface area contributed by atoms with Crippen molar-refractivity contribution in [3.8, 4) is 5.75 Å². The highest BCUT2D eigenvalue weighted by Crippen LogP contribution is 2.24. The number of nitrogens with one attached hydrogen (secondary N) is 1. The number of methoxy groups -OCH3 is 1. The zero-order valence-corrected chi connectivity index (χ0v) is 17.8. The Morgan fingerprint density at radius 3 is 2.14 bits per heavy atom. The molecule has 2 aromatic rings. The van der Waals surface area contributed by atoms with Gasteiger partial charge in [0, 0.05) is 0 Å². The molecule has 0 aromatic heterocycles. The van der Waals surface area contributed by atoms with Gasteiger partial charge in [0.1, 0.15) is 11.8 Å². The van der Waals surface area contributed by atoms with Crippen LogP contribution in [0.2, 0.25) is 0 Å². The number of benzene rings is 2. The van der Waals surface area contributed by atoms with E-state index in [0.29, 0.717) is 12.1 Å². The summed E-state index contributed by atoms with van der Waals surface area (Å²) < 4.78 is 31.1. The molecule has 152 valence electrons. The number of sulfonamides is 1. The number of ether oxygens (including phenoxy) is 1. The molecule has 6 nitrogen and oxygen atoms in total. The van der Waals surface area contributed by atoms with Crippen LogP contribution < -0.4 is 14.4 Å². The summed E-state index contributed by atoms with van der Waals surface area (Å²) in [5.41, 5.74) is 2.41. The minimum absolute atomic E-state index is 0.222. The van der Waals surface area contributed by atoms with Crippen LogP contribution in [0.15, 0.2) is 48.5 Å². The Morgan fingerprint density at radius 1 is 1.11 bits per heavy atom. The van der Waals surface area contributed by atoms with Crippen LogP contribution in [0.4, 0.5) is 5.69 Å². The van der Waals surface area contributed by atoms with Gasteiger partial charge in [0.15, 0.2) is 0 Å². The first kappa shape index (κ1) is 21.8. The lowest BCUT2D eigenvalue weighted by atomic mass is 10.0. The molecular formula is C21H28N2O4S. The van der Waals surface area contributed by atoms with Crippen molar-refractivity contribution in [3.05, 3.63) is 59.7 Å². The summed E-state index contributed by atoms with van der Waals surface area (Å²) in [5.74, 6) is 0.384. The van der Waals surface area contributed by atoms with Crippen molar-refractivity contribution < 1.29 is 17.9 Å². The fourth-order valence-electron chi connectivity index (χ4n) is 3.05. The lowest BCUT2D eigenvalue weighted by molar-refractivity contribution is -0.122. The number of rotatable bonds is 8. The molecule has 0 unspecified atom stereocenters. The Hall–Kier alpha value is -2.54. The zero-order valence-electron chi connectivity index (χ0n) is 17.0. The maximum Gasteiger partial charge on any atom is 0.244 e. The summed E-state index contributed by atoms with van der Waals surface area (Å²) in [7, 11) is -2.04. The van der Waals surface area contributed by atoms with Gasteiger partial charge < -0.3 is 10.1 Å². The first-order valence-electron chi connectivity index (χ1n) is 9.17. The van der Waals surface area contributed by atoms with Gasteiger partial charge in [-0.15, -0.1) is 0 Å². The molecule has 0 fully saturated rings. The van der Waals surface area contributed by atoms with E-state index in [1.807, 2.05) is 50.2 Å². The first-order chi connectivity index (χ1) is 13.2. The van der Waals surface area contributed by atoms with Crippen molar-refractivity contribution in [1.82, 2.24) is 5.32 Å². The standard InChI is InChI=1S/C21H28N2O4S/c1-6-20(17-9-13-19(27-4)14-10-17)22-21(24)16(3)23(28(5,25)26)18-11-7-15(2)8-12-18/h7-14,16,20H,6H2,1-5H3,(H,22,24)/t16-,20-/m0/s1. The molecule has 7 heteroatoms. The molecule has 28 heavy (non-hydrogen) atoms. The predicted molar refractivity (Wildman–Crippen MR) is 112 cm³/mol. The number of amides is 1. The van der Waals surface area contributed by atoms with Crippen LogP contribution in [0.5, 0.6) is 5.75 Å². The molecule has 0 aliphatic rings. The minimum atomic E-state index is -3.64. The van der Waals surface area contributed by atoms with Crippen LogP contribution in [0.3, 0.4) is 0 Å². The second-order valence-corrected chi connectivity index (χ2v) is 8.67. The van der Waals surface area contributed by atoms with Gasteiger partial charge in [0.05, 0.1) is 25.1 Å². The lowest BCUT2D eigenvalue weighted by Gasteiger charge is -2.30. The topological polar surface area (TPSA) is 75.7 Å². The average Bonchev–Trinajstić information content (AvgIpc) is 2.66. The van der Waals surface area contributed by atoms with Gasteiger partial charge in [-0.25, -0.2) is 8.42 Å². The Morgan fingerprint density at radius 2 is 1.68 bits per heavy atom. The van der Waals surface area contributed by atoms with Crippen molar-refractivity contribution in [2.45, 2.75) is 39.3 Å². The van der Waals surface area contributed by atoms with Gasteiger partial charge >= 0.3 is 0 Å². The summed E-state index contributed by atoms with van der Waals surface area (Å²) in [6.45, 7) is 5.48. The second-order valence-electron chi connectivity index (χ2n) is 6.81. The van der Waals surface area contributed by atoms with Crippen LogP contribution in [0.25, 0.3) is 0 Å². The van der Waals surface area contributed by atoms with Gasteiger partial charge in [-0.3, -0.25) is 9.10 Å². The van der Waals surface area contributed by atoms with Crippen molar-refractivity contribution in [1.29, 1.82) is 0 Å². The van der Waals surface area contributed by atoms with E-state index in [1.165, 1.54) is 0 Å². The Kier molecular flexibility index (Phi) is 7.07. The van der Waals surface area contributed by atoms with Crippen LogP contribution in [0, 0.1) is 6.92 Å². The van der Waals surface area contributed by atoms with E-state index in [0.717, 1.165) is 27.4 Å². The van der Waals surface area contributed by atoms with E-state index in [-0.39, 0.29) is 11.9 Å². The summed E-state index contributed by atoms with van der Waals surface area (Å²) >= 11 is 0. The second kappa shape index (κ2) is 9.10. The average molecular weight is 405 g/mol. The fraction of sp³-hybridized carbons (Fsp3) is 0.381. The molecule has 0 heterocycles. The SMILES string of the molecule is CC[C@H](NC(=O)[C@H](C)N(c1ccc(C)cc1)S(C)(=O)=O)c1ccc(OC)cc1. The van der Waals surface area contributed by atoms with E-state index in [4.69, 9.17) is 4.74 Å². The van der Waals surface area contributed by atoms with Gasteiger partial charge in [0.25, 0.3) is 0 Å². The monoisotopic (exact) mass is 404 g/mol. The van der Waals surface area contributed by atoms with Crippen LogP contribution >= 0.6 is 0 Å². The molecule has 1 N–H and O–H groups in total. The number of aryl methyl sites for hydroxylation is 1. The van der Waals surface area contributed by atoms with E-state index in [1.54, 1.807) is 26.2 Å². The number of hydrogen-bond acceptors (Lipinski definition) is 4. The van der Waals surface area contributed by atoms with Gasteiger partial charge in [-0.2, -0.15) is 0 Å². The van der Waals surface area contributed by atoms with Crippen LogP contribution in [0.1, 0.15) is 37.4 Å². The number of carbonyl (C=O) groups excluding carboxylic acids is 1. The van der Waals surface area contributed by atoms with Crippen molar-refractivity contribution in [2.75, 3.05) is 17.7 Å². The summed E-state index contributed by atoms with van der Waals surface area (Å²) in [4.78, 5) is 12.9. The fourth-order valence-corrected chi connectivity index (χ4v) is 4.22. The number of hydrogen-bond donors (Lipinski definition) is 1. The quantitative estimate of drug-likeness (QED) is 0.731. The Bertz CT molecular complexity index is 893. The summed E-state index contributed by atoms with van der Waals surface area (Å²) in [6.07, 6.45) is 1.78. The Balaban J connectivity index is 2.24. The number of anilines is 1. The largest absolute Gasteiger partial charge is 0.497 e. The third-order valence-corrected chi connectivity index (χ3v) is 5.86. The molecule has 1 amide bonds. The van der Waals surface area contributed by atoms with Gasteiger partial charge in [-0.1, -0.05) is 36.8 Å². The summed E-state index contributed by atoms with van der Waals surface area (Å²) in [5, 5.41) is 2.97. The Labute approximate surface area is 167 Å². The number of carbonyl (C=O) groups is 1. The molecule has 0 aliphatic carbocycles. The third-order valence-electron chi connectivity index (χ3n) is 4.62. The normalized spacial score (nSPS) is 13.5. The molecular weight excluding hydrogens is 376 g/mol. The molecule has 2 atom stereocenters. The highest BCUT2D eigenvalue weighted by Gasteiger charge is 2.30. The molecule has 0 spiro atoms. The molecule has 0 aliphatic heterocycles. The van der Waals surface area contributed by atoms with Crippen molar-refractivity contribution in [2.24, 2.45) is 0 Å². The van der Waals surface area contributed by atoms with E-state index < -0.39 is 16.1 Å². The predicted octanol–water partition coefficient (Wildman–Crippen LogP) is 3.43. The molecule has 0 radical (unpaired) electrons. The third kappa shape index (κ3) is 5.25. The maximum absolute atomic E-state index is 12.9. The van der Waals surface area contributed by atoms with E-state index in [2.05, 4.69) is 5.32 Å². The summed E-state index contributed by atoms with van der Waals surface area (Å²) in [6, 6.07) is 13.4. The number of nitrogens with zero attached hydrogens (tertiary/aromatic N) is 1. The molecule has 0 saturated carbocycles. The molecule has 2 rings (SSSR count). The first-order valence-corrected chi connectivity index (χ1v) is 11.0. The lowest BCUT2D eigenvalue weighted by Crippen LogP contribution is -2.48. The van der Waals surface area contributed by atoms with Crippen LogP contribution in [-0.4, -0.2) is 33.7 Å². The van der Waals surface area contributed by atoms with Crippen molar-refractivity contribution >= 4 is 21.6 Å². The highest BCUT2D eigenvalue weighted by molar-refractivity contribution is 7.92. The molecule has 0 bridgehead atoms.